The number of para-hydroxylation sites is 1. The number of piperazine rings is 1. The van der Waals surface area contributed by atoms with E-state index in [9.17, 15) is 4.79 Å². The number of hydrogen-bond donors (Lipinski definition) is 0. The molecular weight excluding hydrogens is 362 g/mol. The van der Waals surface area contributed by atoms with Gasteiger partial charge in [0, 0.05) is 38.3 Å². The number of benzene rings is 1. The molecule has 2 heterocycles. The number of rotatable bonds is 6. The summed E-state index contributed by atoms with van der Waals surface area (Å²) >= 11 is 0. The van der Waals surface area contributed by atoms with Gasteiger partial charge in [0.05, 0.1) is 29.3 Å². The maximum atomic E-state index is 12.8. The Balaban J connectivity index is 1.66. The summed E-state index contributed by atoms with van der Waals surface area (Å²) in [5, 5.41) is 4.79. The zero-order chi connectivity index (χ0) is 21.1. The van der Waals surface area contributed by atoms with Crippen molar-refractivity contribution in [2.45, 2.75) is 53.6 Å². The SMILES string of the molecule is Cc1nn(-c2ccccc2)c(C)c1N1CCN(CC(=O)N(C(C)C)C(C)C)CC1. The Morgan fingerprint density at radius 2 is 1.59 bits per heavy atom. The number of amides is 1. The van der Waals surface area contributed by atoms with Gasteiger partial charge < -0.3 is 9.80 Å². The van der Waals surface area contributed by atoms with Crippen molar-refractivity contribution in [2.75, 3.05) is 37.6 Å². The summed E-state index contributed by atoms with van der Waals surface area (Å²) in [6.07, 6.45) is 0. The average molecular weight is 398 g/mol. The van der Waals surface area contributed by atoms with E-state index in [1.165, 1.54) is 11.4 Å². The Kier molecular flexibility index (Phi) is 6.63. The van der Waals surface area contributed by atoms with Crippen LogP contribution in [0.1, 0.15) is 39.1 Å². The molecular formula is C23H35N5O. The molecule has 1 aliphatic heterocycles. The number of carbonyl (C=O) groups is 1. The third kappa shape index (κ3) is 4.64. The highest BCUT2D eigenvalue weighted by Crippen LogP contribution is 2.27. The zero-order valence-electron chi connectivity index (χ0n) is 18.7. The molecule has 3 rings (SSSR count). The molecule has 1 fully saturated rings. The van der Waals surface area contributed by atoms with Gasteiger partial charge in [0.2, 0.25) is 5.91 Å². The van der Waals surface area contributed by atoms with E-state index in [0.29, 0.717) is 6.54 Å². The van der Waals surface area contributed by atoms with Crippen molar-refractivity contribution < 1.29 is 4.79 Å². The van der Waals surface area contributed by atoms with Gasteiger partial charge in [-0.15, -0.1) is 0 Å². The van der Waals surface area contributed by atoms with Gasteiger partial charge in [-0.2, -0.15) is 5.10 Å². The van der Waals surface area contributed by atoms with Crippen molar-refractivity contribution >= 4 is 11.6 Å². The summed E-state index contributed by atoms with van der Waals surface area (Å²) in [5.41, 5.74) is 4.54. The lowest BCUT2D eigenvalue weighted by atomic mass is 10.2. The number of aryl methyl sites for hydroxylation is 1. The highest BCUT2D eigenvalue weighted by atomic mass is 16.2. The van der Waals surface area contributed by atoms with E-state index < -0.39 is 0 Å². The van der Waals surface area contributed by atoms with Gasteiger partial charge in [0.15, 0.2) is 0 Å². The maximum absolute atomic E-state index is 12.8. The highest BCUT2D eigenvalue weighted by Gasteiger charge is 2.27. The fraction of sp³-hybridized carbons (Fsp3) is 0.565. The lowest BCUT2D eigenvalue weighted by Gasteiger charge is -2.38. The molecule has 0 atom stereocenters. The molecule has 29 heavy (non-hydrogen) atoms. The third-order valence-electron chi connectivity index (χ3n) is 5.70. The first-order valence-electron chi connectivity index (χ1n) is 10.7. The van der Waals surface area contributed by atoms with Crippen LogP contribution in [0.3, 0.4) is 0 Å². The topological polar surface area (TPSA) is 44.6 Å². The van der Waals surface area contributed by atoms with E-state index >= 15 is 0 Å². The highest BCUT2D eigenvalue weighted by molar-refractivity contribution is 5.79. The third-order valence-corrected chi connectivity index (χ3v) is 5.70. The fourth-order valence-corrected chi connectivity index (χ4v) is 4.49. The Bertz CT molecular complexity index is 811. The van der Waals surface area contributed by atoms with Crippen LogP contribution in [0, 0.1) is 13.8 Å². The van der Waals surface area contributed by atoms with Crippen LogP contribution in [0.5, 0.6) is 0 Å². The summed E-state index contributed by atoms with van der Waals surface area (Å²) in [4.78, 5) is 19.5. The summed E-state index contributed by atoms with van der Waals surface area (Å²) in [6.45, 7) is 16.7. The van der Waals surface area contributed by atoms with Crippen LogP contribution in [-0.4, -0.2) is 70.3 Å². The van der Waals surface area contributed by atoms with Crippen LogP contribution in [-0.2, 0) is 4.79 Å². The fourth-order valence-electron chi connectivity index (χ4n) is 4.49. The predicted molar refractivity (Wildman–Crippen MR) is 119 cm³/mol. The minimum atomic E-state index is 0.229. The monoisotopic (exact) mass is 397 g/mol. The van der Waals surface area contributed by atoms with Crippen LogP contribution < -0.4 is 4.90 Å². The second kappa shape index (κ2) is 8.99. The molecule has 1 aliphatic rings. The molecule has 0 unspecified atom stereocenters. The molecule has 1 aromatic heterocycles. The van der Waals surface area contributed by atoms with Crippen molar-refractivity contribution in [3.05, 3.63) is 41.7 Å². The van der Waals surface area contributed by atoms with E-state index in [1.807, 2.05) is 27.8 Å². The summed E-state index contributed by atoms with van der Waals surface area (Å²) < 4.78 is 2.03. The Morgan fingerprint density at radius 3 is 2.14 bits per heavy atom. The summed E-state index contributed by atoms with van der Waals surface area (Å²) in [5.74, 6) is 0.229. The number of anilines is 1. The lowest BCUT2D eigenvalue weighted by molar-refractivity contribution is -0.136. The average Bonchev–Trinajstić information content (AvgIpc) is 2.97. The van der Waals surface area contributed by atoms with Gasteiger partial charge in [-0.25, -0.2) is 4.68 Å². The van der Waals surface area contributed by atoms with Gasteiger partial charge in [-0.1, -0.05) is 18.2 Å². The molecule has 2 aromatic rings. The Labute approximate surface area is 175 Å². The number of hydrogen-bond acceptors (Lipinski definition) is 4. The van der Waals surface area contributed by atoms with Gasteiger partial charge in [0.1, 0.15) is 0 Å². The molecule has 1 aromatic carbocycles. The molecule has 158 valence electrons. The predicted octanol–water partition coefficient (Wildman–Crippen LogP) is 3.26. The van der Waals surface area contributed by atoms with Gasteiger partial charge in [0.25, 0.3) is 0 Å². The van der Waals surface area contributed by atoms with Crippen molar-refractivity contribution in [3.63, 3.8) is 0 Å². The van der Waals surface area contributed by atoms with E-state index in [0.717, 1.165) is 37.6 Å². The second-order valence-corrected chi connectivity index (χ2v) is 8.52. The molecule has 6 heteroatoms. The normalized spacial score (nSPS) is 15.4. The van der Waals surface area contributed by atoms with Crippen molar-refractivity contribution in [1.29, 1.82) is 0 Å². The zero-order valence-corrected chi connectivity index (χ0v) is 18.7. The second-order valence-electron chi connectivity index (χ2n) is 8.52. The molecule has 0 N–H and O–H groups in total. The van der Waals surface area contributed by atoms with E-state index in [-0.39, 0.29) is 18.0 Å². The number of aromatic nitrogens is 2. The molecule has 0 aliphatic carbocycles. The van der Waals surface area contributed by atoms with Crippen molar-refractivity contribution in [3.8, 4) is 5.69 Å². The van der Waals surface area contributed by atoms with Crippen molar-refractivity contribution in [2.24, 2.45) is 0 Å². The first-order chi connectivity index (χ1) is 13.8. The standard InChI is InChI=1S/C23H35N5O/c1-17(2)27(18(3)4)22(29)16-25-12-14-26(15-13-25)23-19(5)24-28(20(23)6)21-10-8-7-9-11-21/h7-11,17-18H,12-16H2,1-6H3. The molecule has 0 spiro atoms. The Hall–Kier alpha value is -2.34. The lowest BCUT2D eigenvalue weighted by Crippen LogP contribution is -2.52. The Morgan fingerprint density at radius 1 is 1.00 bits per heavy atom. The van der Waals surface area contributed by atoms with E-state index in [2.05, 4.69) is 63.5 Å². The molecule has 0 radical (unpaired) electrons. The molecule has 1 saturated heterocycles. The molecule has 0 bridgehead atoms. The van der Waals surface area contributed by atoms with Crippen LogP contribution in [0.2, 0.25) is 0 Å². The van der Waals surface area contributed by atoms with E-state index in [1.54, 1.807) is 0 Å². The van der Waals surface area contributed by atoms with Crippen LogP contribution in [0.25, 0.3) is 5.69 Å². The summed E-state index contributed by atoms with van der Waals surface area (Å²) in [7, 11) is 0. The first-order valence-corrected chi connectivity index (χ1v) is 10.7. The van der Waals surface area contributed by atoms with Gasteiger partial charge >= 0.3 is 0 Å². The number of carbonyl (C=O) groups excluding carboxylic acids is 1. The van der Waals surface area contributed by atoms with Crippen molar-refractivity contribution in [1.82, 2.24) is 19.6 Å². The van der Waals surface area contributed by atoms with E-state index in [4.69, 9.17) is 5.10 Å². The van der Waals surface area contributed by atoms with Gasteiger partial charge in [-0.05, 0) is 53.7 Å². The minimum absolute atomic E-state index is 0.229. The maximum Gasteiger partial charge on any atom is 0.237 e. The van der Waals surface area contributed by atoms with Gasteiger partial charge in [-0.3, -0.25) is 9.69 Å². The molecule has 1 amide bonds. The number of nitrogens with zero attached hydrogens (tertiary/aromatic N) is 5. The van der Waals surface area contributed by atoms with Crippen LogP contribution in [0.15, 0.2) is 30.3 Å². The summed E-state index contributed by atoms with van der Waals surface area (Å²) in [6, 6.07) is 10.7. The smallest absolute Gasteiger partial charge is 0.237 e. The van der Waals surface area contributed by atoms with Crippen LogP contribution >= 0.6 is 0 Å². The molecule has 0 saturated carbocycles. The first kappa shape index (κ1) is 21.4. The molecule has 6 nitrogen and oxygen atoms in total. The quantitative estimate of drug-likeness (QED) is 0.751. The largest absolute Gasteiger partial charge is 0.366 e. The minimum Gasteiger partial charge on any atom is -0.366 e. The van der Waals surface area contributed by atoms with Crippen LogP contribution in [0.4, 0.5) is 5.69 Å².